The van der Waals surface area contributed by atoms with Crippen molar-refractivity contribution in [2.24, 2.45) is 0 Å². The Morgan fingerprint density at radius 1 is 1.24 bits per heavy atom. The van der Waals surface area contributed by atoms with E-state index < -0.39 is 27.0 Å². The lowest BCUT2D eigenvalue weighted by atomic mass is 10.1. The lowest BCUT2D eigenvalue weighted by molar-refractivity contribution is 0.169. The molecule has 0 aliphatic heterocycles. The van der Waals surface area contributed by atoms with Crippen molar-refractivity contribution >= 4 is 9.84 Å². The lowest BCUT2D eigenvalue weighted by Gasteiger charge is -2.21. The van der Waals surface area contributed by atoms with E-state index in [-0.39, 0.29) is 5.75 Å². The maximum atomic E-state index is 12.7. The monoisotopic (exact) mass is 260 g/mol. The van der Waals surface area contributed by atoms with Crippen molar-refractivity contribution in [1.82, 2.24) is 0 Å². The van der Waals surface area contributed by atoms with Crippen LogP contribution in [0.25, 0.3) is 0 Å². The maximum absolute atomic E-state index is 12.7. The second kappa shape index (κ2) is 5.60. The third-order valence-electron chi connectivity index (χ3n) is 2.83. The van der Waals surface area contributed by atoms with Crippen molar-refractivity contribution < 1.29 is 17.9 Å². The highest BCUT2D eigenvalue weighted by Gasteiger charge is 2.30. The van der Waals surface area contributed by atoms with Crippen LogP contribution in [0.3, 0.4) is 0 Å². The first-order valence-electron chi connectivity index (χ1n) is 5.57. The van der Waals surface area contributed by atoms with Crippen LogP contribution in [0, 0.1) is 5.82 Å². The third-order valence-corrected chi connectivity index (χ3v) is 5.15. The molecule has 0 aliphatic rings. The van der Waals surface area contributed by atoms with Gasteiger partial charge in [0, 0.05) is 5.75 Å². The quantitative estimate of drug-likeness (QED) is 0.881. The third kappa shape index (κ3) is 3.26. The van der Waals surface area contributed by atoms with Crippen LogP contribution in [0.1, 0.15) is 31.9 Å². The standard InChI is InChI=1S/C12H17FO3S/c1-3-11(17(15,16)4-2)12(14)9-5-7-10(13)8-6-9/h5-8,11-12,14H,3-4H2,1-2H3/t11-,12-/m1/s1. The molecule has 0 saturated heterocycles. The van der Waals surface area contributed by atoms with Crippen molar-refractivity contribution in [2.75, 3.05) is 5.75 Å². The fraction of sp³-hybridized carbons (Fsp3) is 0.500. The molecule has 0 fully saturated rings. The van der Waals surface area contributed by atoms with Crippen molar-refractivity contribution in [1.29, 1.82) is 0 Å². The van der Waals surface area contributed by atoms with Crippen molar-refractivity contribution in [3.63, 3.8) is 0 Å². The summed E-state index contributed by atoms with van der Waals surface area (Å²) >= 11 is 0. The van der Waals surface area contributed by atoms with E-state index in [2.05, 4.69) is 0 Å². The number of halogens is 1. The van der Waals surface area contributed by atoms with E-state index in [1.165, 1.54) is 24.3 Å². The van der Waals surface area contributed by atoms with Crippen LogP contribution < -0.4 is 0 Å². The Morgan fingerprint density at radius 2 is 1.76 bits per heavy atom. The molecule has 0 aromatic heterocycles. The van der Waals surface area contributed by atoms with Gasteiger partial charge in [0.05, 0.1) is 11.4 Å². The number of hydrogen-bond acceptors (Lipinski definition) is 3. The van der Waals surface area contributed by atoms with E-state index in [9.17, 15) is 17.9 Å². The van der Waals surface area contributed by atoms with Gasteiger partial charge in [-0.1, -0.05) is 26.0 Å². The van der Waals surface area contributed by atoms with Crippen LogP contribution >= 0.6 is 0 Å². The zero-order chi connectivity index (χ0) is 13.1. The Morgan fingerprint density at radius 3 is 2.18 bits per heavy atom. The molecule has 2 atom stereocenters. The molecule has 0 radical (unpaired) electrons. The summed E-state index contributed by atoms with van der Waals surface area (Å²) in [6.07, 6.45) is -0.778. The highest BCUT2D eigenvalue weighted by atomic mass is 32.2. The summed E-state index contributed by atoms with van der Waals surface area (Å²) in [7, 11) is -3.31. The summed E-state index contributed by atoms with van der Waals surface area (Å²) in [6.45, 7) is 3.26. The van der Waals surface area contributed by atoms with E-state index in [1.807, 2.05) is 0 Å². The van der Waals surface area contributed by atoms with E-state index in [0.29, 0.717) is 12.0 Å². The highest BCUT2D eigenvalue weighted by Crippen LogP contribution is 2.25. The molecular weight excluding hydrogens is 243 g/mol. The fourth-order valence-corrected chi connectivity index (χ4v) is 3.25. The molecule has 0 heterocycles. The van der Waals surface area contributed by atoms with Gasteiger partial charge in [-0.3, -0.25) is 0 Å². The molecule has 3 nitrogen and oxygen atoms in total. The van der Waals surface area contributed by atoms with Gasteiger partial charge in [-0.25, -0.2) is 12.8 Å². The maximum Gasteiger partial charge on any atom is 0.155 e. The highest BCUT2D eigenvalue weighted by molar-refractivity contribution is 7.92. The molecule has 17 heavy (non-hydrogen) atoms. The number of aliphatic hydroxyl groups excluding tert-OH is 1. The van der Waals surface area contributed by atoms with Crippen molar-refractivity contribution in [3.8, 4) is 0 Å². The summed E-state index contributed by atoms with van der Waals surface area (Å²) in [4.78, 5) is 0. The van der Waals surface area contributed by atoms with E-state index in [4.69, 9.17) is 0 Å². The predicted molar refractivity (Wildman–Crippen MR) is 64.9 cm³/mol. The Hall–Kier alpha value is -0.940. The molecule has 96 valence electrons. The van der Waals surface area contributed by atoms with Crippen LogP contribution in [-0.2, 0) is 9.84 Å². The zero-order valence-electron chi connectivity index (χ0n) is 9.93. The largest absolute Gasteiger partial charge is 0.387 e. The molecule has 1 aromatic rings. The summed E-state index contributed by atoms with van der Waals surface area (Å²) in [5.74, 6) is -0.420. The average molecular weight is 260 g/mol. The number of benzene rings is 1. The van der Waals surface area contributed by atoms with Gasteiger partial charge in [0.2, 0.25) is 0 Å². The molecule has 1 rings (SSSR count). The Bertz CT molecular complexity index is 453. The van der Waals surface area contributed by atoms with Crippen molar-refractivity contribution in [3.05, 3.63) is 35.6 Å². The number of rotatable bonds is 5. The second-order valence-corrected chi connectivity index (χ2v) is 6.40. The van der Waals surface area contributed by atoms with Gasteiger partial charge in [-0.05, 0) is 24.1 Å². The number of sulfone groups is 1. The van der Waals surface area contributed by atoms with Gasteiger partial charge >= 0.3 is 0 Å². The van der Waals surface area contributed by atoms with Crippen molar-refractivity contribution in [2.45, 2.75) is 31.6 Å². The molecule has 0 amide bonds. The molecular formula is C12H17FO3S. The van der Waals surface area contributed by atoms with Crippen LogP contribution in [0.15, 0.2) is 24.3 Å². The predicted octanol–water partition coefficient (Wildman–Crippen LogP) is 2.07. The van der Waals surface area contributed by atoms with E-state index in [0.717, 1.165) is 0 Å². The first-order valence-corrected chi connectivity index (χ1v) is 7.29. The average Bonchev–Trinajstić information content (AvgIpc) is 2.30. The summed E-state index contributed by atoms with van der Waals surface area (Å²) in [6, 6.07) is 5.25. The summed E-state index contributed by atoms with van der Waals surface area (Å²) in [5.41, 5.74) is 0.426. The first kappa shape index (κ1) is 14.1. The van der Waals surface area contributed by atoms with Gasteiger partial charge in [0.1, 0.15) is 5.82 Å². The smallest absolute Gasteiger partial charge is 0.155 e. The van der Waals surface area contributed by atoms with Crippen LogP contribution in [0.4, 0.5) is 4.39 Å². The van der Waals surface area contributed by atoms with Gasteiger partial charge in [0.15, 0.2) is 9.84 Å². The topological polar surface area (TPSA) is 54.4 Å². The lowest BCUT2D eigenvalue weighted by Crippen LogP contribution is -2.29. The molecule has 0 aliphatic carbocycles. The molecule has 5 heteroatoms. The van der Waals surface area contributed by atoms with Gasteiger partial charge in [0.25, 0.3) is 0 Å². The molecule has 0 bridgehead atoms. The minimum Gasteiger partial charge on any atom is -0.387 e. The molecule has 1 aromatic carbocycles. The molecule has 0 unspecified atom stereocenters. The molecule has 0 spiro atoms. The first-order chi connectivity index (χ1) is 7.92. The van der Waals surface area contributed by atoms with E-state index in [1.54, 1.807) is 13.8 Å². The van der Waals surface area contributed by atoms with E-state index >= 15 is 0 Å². The normalized spacial score (nSPS) is 15.5. The minimum atomic E-state index is -3.31. The van der Waals surface area contributed by atoms with Gasteiger partial charge in [-0.15, -0.1) is 0 Å². The summed E-state index contributed by atoms with van der Waals surface area (Å²) < 4.78 is 36.3. The van der Waals surface area contributed by atoms with Crippen LogP contribution in [0.5, 0.6) is 0 Å². The second-order valence-electron chi connectivity index (χ2n) is 3.89. The number of hydrogen-bond donors (Lipinski definition) is 1. The minimum absolute atomic E-state index is 0.0102. The molecule has 0 saturated carbocycles. The van der Waals surface area contributed by atoms with Crippen LogP contribution in [-0.4, -0.2) is 24.5 Å². The number of aliphatic hydroxyl groups is 1. The Labute approximate surface area is 101 Å². The Kier molecular flexibility index (Phi) is 4.65. The van der Waals surface area contributed by atoms with Crippen LogP contribution in [0.2, 0.25) is 0 Å². The SMILES string of the molecule is CC[C@H]([C@H](O)c1ccc(F)cc1)S(=O)(=O)CC. The summed E-state index contributed by atoms with van der Waals surface area (Å²) in [5, 5.41) is 9.20. The molecule has 1 N–H and O–H groups in total. The van der Waals surface area contributed by atoms with Gasteiger partial charge in [-0.2, -0.15) is 0 Å². The zero-order valence-corrected chi connectivity index (χ0v) is 10.7. The fourth-order valence-electron chi connectivity index (χ4n) is 1.76. The van der Waals surface area contributed by atoms with Gasteiger partial charge < -0.3 is 5.11 Å². The Balaban J connectivity index is 3.02.